The van der Waals surface area contributed by atoms with Crippen LogP contribution in [0.1, 0.15) is 60.3 Å². The summed E-state index contributed by atoms with van der Waals surface area (Å²) in [6, 6.07) is 15.7. The van der Waals surface area contributed by atoms with Crippen LogP contribution in [-0.4, -0.2) is 19.0 Å². The predicted molar refractivity (Wildman–Crippen MR) is 103 cm³/mol. The van der Waals surface area contributed by atoms with Crippen molar-refractivity contribution >= 4 is 11.9 Å². The number of benzene rings is 2. The van der Waals surface area contributed by atoms with Crippen molar-refractivity contribution in [1.82, 2.24) is 5.32 Å². The summed E-state index contributed by atoms with van der Waals surface area (Å²) >= 11 is 0. The second-order valence-electron chi connectivity index (χ2n) is 7.37. The number of esters is 1. The largest absolute Gasteiger partial charge is 0.469 e. The quantitative estimate of drug-likeness (QED) is 0.816. The number of hydrogen-bond donors (Lipinski definition) is 1. The lowest BCUT2D eigenvalue weighted by molar-refractivity contribution is -0.141. The number of carbonyl (C=O) groups is 2. The molecule has 140 valence electrons. The van der Waals surface area contributed by atoms with Crippen LogP contribution < -0.4 is 5.32 Å². The van der Waals surface area contributed by atoms with Gasteiger partial charge in [0, 0.05) is 5.56 Å². The van der Waals surface area contributed by atoms with Crippen molar-refractivity contribution in [3.63, 3.8) is 0 Å². The molecule has 0 heterocycles. The van der Waals surface area contributed by atoms with E-state index in [4.69, 9.17) is 10.00 Å². The van der Waals surface area contributed by atoms with E-state index in [0.29, 0.717) is 11.1 Å². The number of hydrogen-bond acceptors (Lipinski definition) is 4. The monoisotopic (exact) mass is 364 g/mol. The van der Waals surface area contributed by atoms with Crippen molar-refractivity contribution in [3.05, 3.63) is 70.8 Å². The normalized spacial score (nSPS) is 12.0. The van der Waals surface area contributed by atoms with E-state index in [9.17, 15) is 9.59 Å². The molecule has 0 aliphatic carbocycles. The van der Waals surface area contributed by atoms with Gasteiger partial charge < -0.3 is 10.1 Å². The lowest BCUT2D eigenvalue weighted by atomic mass is 9.86. The van der Waals surface area contributed by atoms with Gasteiger partial charge in [0.15, 0.2) is 0 Å². The van der Waals surface area contributed by atoms with E-state index in [1.165, 1.54) is 7.11 Å². The molecule has 1 N–H and O–H groups in total. The Kier molecular flexibility index (Phi) is 6.36. The van der Waals surface area contributed by atoms with Gasteiger partial charge in [0.05, 0.1) is 31.2 Å². The van der Waals surface area contributed by atoms with Crippen LogP contribution in [0.25, 0.3) is 0 Å². The lowest BCUT2D eigenvalue weighted by Crippen LogP contribution is -2.30. The SMILES string of the molecule is COC(=O)C[C@H](NC(=O)c1cccc(C(C)(C)C)c1)c1ccc(C#N)cc1. The number of methoxy groups -OCH3 is 1. The van der Waals surface area contributed by atoms with Crippen LogP contribution in [0, 0.1) is 11.3 Å². The highest BCUT2D eigenvalue weighted by atomic mass is 16.5. The third kappa shape index (κ3) is 5.42. The Morgan fingerprint density at radius 3 is 2.37 bits per heavy atom. The Morgan fingerprint density at radius 2 is 1.81 bits per heavy atom. The summed E-state index contributed by atoms with van der Waals surface area (Å²) in [6.45, 7) is 6.25. The fourth-order valence-corrected chi connectivity index (χ4v) is 2.66. The van der Waals surface area contributed by atoms with Crippen LogP contribution in [0.5, 0.6) is 0 Å². The van der Waals surface area contributed by atoms with Crippen molar-refractivity contribution in [2.24, 2.45) is 0 Å². The second kappa shape index (κ2) is 8.50. The molecule has 0 spiro atoms. The minimum atomic E-state index is -0.545. The molecule has 0 unspecified atom stereocenters. The smallest absolute Gasteiger partial charge is 0.307 e. The van der Waals surface area contributed by atoms with E-state index in [1.807, 2.05) is 18.2 Å². The summed E-state index contributed by atoms with van der Waals surface area (Å²) < 4.78 is 4.76. The standard InChI is InChI=1S/C22H24N2O3/c1-22(2,3)18-7-5-6-17(12-18)21(26)24-19(13-20(25)27-4)16-10-8-15(14-23)9-11-16/h5-12,19H,13H2,1-4H3,(H,24,26)/t19-/m0/s1. The molecule has 2 aromatic carbocycles. The zero-order valence-corrected chi connectivity index (χ0v) is 16.1. The van der Waals surface area contributed by atoms with Gasteiger partial charge >= 0.3 is 5.97 Å². The molecule has 0 bridgehead atoms. The summed E-state index contributed by atoms with van der Waals surface area (Å²) in [5.74, 6) is -0.688. The zero-order chi connectivity index (χ0) is 20.0. The van der Waals surface area contributed by atoms with Crippen molar-refractivity contribution in [2.75, 3.05) is 7.11 Å². The van der Waals surface area contributed by atoms with E-state index in [-0.39, 0.29) is 17.7 Å². The summed E-state index contributed by atoms with van der Waals surface area (Å²) in [6.07, 6.45) is 0.00705. The van der Waals surface area contributed by atoms with Gasteiger partial charge in [0.1, 0.15) is 0 Å². The van der Waals surface area contributed by atoms with E-state index in [2.05, 4.69) is 32.2 Å². The van der Waals surface area contributed by atoms with Gasteiger partial charge in [-0.3, -0.25) is 9.59 Å². The summed E-state index contributed by atoms with van der Waals surface area (Å²) in [7, 11) is 1.31. The van der Waals surface area contributed by atoms with E-state index in [0.717, 1.165) is 11.1 Å². The number of nitriles is 1. The molecule has 2 aromatic rings. The number of nitrogens with zero attached hydrogens (tertiary/aromatic N) is 1. The van der Waals surface area contributed by atoms with Crippen molar-refractivity contribution < 1.29 is 14.3 Å². The predicted octanol–water partition coefficient (Wildman–Crippen LogP) is 3.89. The Morgan fingerprint density at radius 1 is 1.15 bits per heavy atom. The number of ether oxygens (including phenoxy) is 1. The molecule has 0 fully saturated rings. The first kappa shape index (κ1) is 20.2. The molecule has 0 aromatic heterocycles. The van der Waals surface area contributed by atoms with Crippen LogP contribution >= 0.6 is 0 Å². The maximum atomic E-state index is 12.8. The average molecular weight is 364 g/mol. The molecular formula is C22H24N2O3. The van der Waals surface area contributed by atoms with Crippen molar-refractivity contribution in [2.45, 2.75) is 38.6 Å². The molecule has 5 heteroatoms. The summed E-state index contributed by atoms with van der Waals surface area (Å²) in [5.41, 5.74) is 2.76. The molecule has 27 heavy (non-hydrogen) atoms. The van der Waals surface area contributed by atoms with E-state index < -0.39 is 12.0 Å². The Labute approximate surface area is 160 Å². The van der Waals surface area contributed by atoms with Gasteiger partial charge in [0.2, 0.25) is 0 Å². The fraction of sp³-hybridized carbons (Fsp3) is 0.318. The first-order chi connectivity index (χ1) is 12.7. The molecule has 1 amide bonds. The maximum absolute atomic E-state index is 12.8. The molecule has 0 saturated heterocycles. The van der Waals surface area contributed by atoms with Crippen LogP contribution in [0.15, 0.2) is 48.5 Å². The van der Waals surface area contributed by atoms with Gasteiger partial charge in [-0.25, -0.2) is 0 Å². The first-order valence-electron chi connectivity index (χ1n) is 8.73. The molecule has 0 aliphatic heterocycles. The van der Waals surface area contributed by atoms with Gasteiger partial charge in [-0.2, -0.15) is 5.26 Å². The van der Waals surface area contributed by atoms with Gasteiger partial charge in [0.25, 0.3) is 5.91 Å². The Balaban J connectivity index is 2.27. The number of rotatable bonds is 5. The highest BCUT2D eigenvalue weighted by Crippen LogP contribution is 2.24. The highest BCUT2D eigenvalue weighted by molar-refractivity contribution is 5.95. The third-order valence-corrected chi connectivity index (χ3v) is 4.34. The highest BCUT2D eigenvalue weighted by Gasteiger charge is 2.21. The summed E-state index contributed by atoms with van der Waals surface area (Å²) in [5, 5.41) is 11.9. The molecule has 0 saturated carbocycles. The minimum absolute atomic E-state index is 0.00705. The van der Waals surface area contributed by atoms with Crippen LogP contribution in [0.3, 0.4) is 0 Å². The topological polar surface area (TPSA) is 79.2 Å². The maximum Gasteiger partial charge on any atom is 0.307 e. The van der Waals surface area contributed by atoms with Gasteiger partial charge in [-0.1, -0.05) is 45.0 Å². The number of nitrogens with one attached hydrogen (secondary N) is 1. The Hall–Kier alpha value is -3.13. The van der Waals surface area contributed by atoms with Gasteiger partial charge in [-0.15, -0.1) is 0 Å². The third-order valence-electron chi connectivity index (χ3n) is 4.34. The van der Waals surface area contributed by atoms with Crippen LogP contribution in [0.2, 0.25) is 0 Å². The molecule has 1 atom stereocenters. The van der Waals surface area contributed by atoms with E-state index >= 15 is 0 Å². The van der Waals surface area contributed by atoms with Crippen molar-refractivity contribution in [3.8, 4) is 6.07 Å². The van der Waals surface area contributed by atoms with Crippen molar-refractivity contribution in [1.29, 1.82) is 5.26 Å². The Bertz CT molecular complexity index is 858. The zero-order valence-electron chi connectivity index (χ0n) is 16.1. The first-order valence-corrected chi connectivity index (χ1v) is 8.73. The number of amides is 1. The van der Waals surface area contributed by atoms with Crippen LogP contribution in [-0.2, 0) is 14.9 Å². The molecular weight excluding hydrogens is 340 g/mol. The summed E-state index contributed by atoms with van der Waals surface area (Å²) in [4.78, 5) is 24.6. The van der Waals surface area contributed by atoms with E-state index in [1.54, 1.807) is 30.3 Å². The second-order valence-corrected chi connectivity index (χ2v) is 7.37. The minimum Gasteiger partial charge on any atom is -0.469 e. The fourth-order valence-electron chi connectivity index (χ4n) is 2.66. The number of carbonyl (C=O) groups excluding carboxylic acids is 2. The molecule has 5 nitrogen and oxygen atoms in total. The molecule has 0 aliphatic rings. The van der Waals surface area contributed by atoms with Gasteiger partial charge in [-0.05, 0) is 40.8 Å². The average Bonchev–Trinajstić information content (AvgIpc) is 2.66. The molecule has 2 rings (SSSR count). The molecule has 0 radical (unpaired) electrons. The van der Waals surface area contributed by atoms with Crippen LogP contribution in [0.4, 0.5) is 0 Å². The lowest BCUT2D eigenvalue weighted by Gasteiger charge is -2.21.